The Balaban J connectivity index is 2.34. The minimum atomic E-state index is -0.122. The normalized spacial score (nSPS) is 12.2. The predicted molar refractivity (Wildman–Crippen MR) is 78.8 cm³/mol. The first-order chi connectivity index (χ1) is 8.58. The lowest BCUT2D eigenvalue weighted by molar-refractivity contribution is 0.449. The Kier molecular flexibility index (Phi) is 4.37. The van der Waals surface area contributed by atoms with E-state index in [0.29, 0.717) is 11.6 Å². The zero-order valence-electron chi connectivity index (χ0n) is 9.73. The number of aromatic nitrogens is 1. The zero-order valence-corrected chi connectivity index (χ0v) is 12.9. The van der Waals surface area contributed by atoms with Gasteiger partial charge in [0.05, 0.1) is 4.47 Å². The second kappa shape index (κ2) is 5.82. The van der Waals surface area contributed by atoms with Gasteiger partial charge in [-0.05, 0) is 47.1 Å². The summed E-state index contributed by atoms with van der Waals surface area (Å²) < 4.78 is 7.64. The van der Waals surface area contributed by atoms with Crippen molar-refractivity contribution in [2.75, 3.05) is 0 Å². The van der Waals surface area contributed by atoms with Crippen LogP contribution in [0.3, 0.4) is 0 Å². The first-order valence-corrected chi connectivity index (χ1v) is 7.00. The summed E-state index contributed by atoms with van der Waals surface area (Å²) >= 11 is 6.85. The van der Waals surface area contributed by atoms with Gasteiger partial charge in [0.2, 0.25) is 5.88 Å². The first-order valence-electron chi connectivity index (χ1n) is 5.41. The Labute approximate surface area is 123 Å². The van der Waals surface area contributed by atoms with Crippen LogP contribution in [0.15, 0.2) is 45.5 Å². The van der Waals surface area contributed by atoms with Gasteiger partial charge in [-0.25, -0.2) is 4.98 Å². The van der Waals surface area contributed by atoms with Crippen LogP contribution in [0.5, 0.6) is 11.6 Å². The van der Waals surface area contributed by atoms with Crippen LogP contribution in [-0.2, 0) is 0 Å². The molecular formula is C13H12Br2N2O. The van der Waals surface area contributed by atoms with E-state index < -0.39 is 0 Å². The van der Waals surface area contributed by atoms with Gasteiger partial charge >= 0.3 is 0 Å². The van der Waals surface area contributed by atoms with Crippen LogP contribution in [-0.4, -0.2) is 4.98 Å². The van der Waals surface area contributed by atoms with Gasteiger partial charge < -0.3 is 10.5 Å². The molecule has 0 aliphatic heterocycles. The predicted octanol–water partition coefficient (Wildman–Crippen LogP) is 4.42. The number of nitrogens with two attached hydrogens (primary N) is 1. The molecule has 1 aromatic heterocycles. The molecule has 5 heteroatoms. The summed E-state index contributed by atoms with van der Waals surface area (Å²) in [5, 5.41) is 0. The van der Waals surface area contributed by atoms with E-state index >= 15 is 0 Å². The Morgan fingerprint density at radius 3 is 2.72 bits per heavy atom. The molecule has 2 N–H and O–H groups in total. The van der Waals surface area contributed by atoms with Crippen molar-refractivity contribution in [2.45, 2.75) is 13.0 Å². The third-order valence-corrected chi connectivity index (χ3v) is 3.50. The van der Waals surface area contributed by atoms with Gasteiger partial charge in [-0.2, -0.15) is 0 Å². The van der Waals surface area contributed by atoms with E-state index in [4.69, 9.17) is 10.5 Å². The molecule has 0 saturated carbocycles. The summed E-state index contributed by atoms with van der Waals surface area (Å²) in [4.78, 5) is 4.22. The van der Waals surface area contributed by atoms with Crippen LogP contribution < -0.4 is 10.5 Å². The summed E-state index contributed by atoms with van der Waals surface area (Å²) in [6, 6.07) is 9.34. The van der Waals surface area contributed by atoms with Crippen molar-refractivity contribution < 1.29 is 4.74 Å². The Bertz CT molecular complexity index is 558. The number of hydrogen-bond donors (Lipinski definition) is 1. The Morgan fingerprint density at radius 2 is 2.06 bits per heavy atom. The lowest BCUT2D eigenvalue weighted by Crippen LogP contribution is -2.07. The van der Waals surface area contributed by atoms with Crippen LogP contribution >= 0.6 is 31.9 Å². The molecule has 0 aliphatic rings. The van der Waals surface area contributed by atoms with Crippen LogP contribution in [0.1, 0.15) is 18.5 Å². The van der Waals surface area contributed by atoms with Gasteiger partial charge in [0, 0.05) is 22.3 Å². The van der Waals surface area contributed by atoms with Crippen molar-refractivity contribution in [1.82, 2.24) is 4.98 Å². The molecule has 3 nitrogen and oxygen atoms in total. The van der Waals surface area contributed by atoms with E-state index in [0.717, 1.165) is 14.5 Å². The molecule has 1 aromatic carbocycles. The monoisotopic (exact) mass is 370 g/mol. The average Bonchev–Trinajstić information content (AvgIpc) is 2.33. The fourth-order valence-corrected chi connectivity index (χ4v) is 2.63. The first kappa shape index (κ1) is 13.5. The smallest absolute Gasteiger partial charge is 0.224 e. The van der Waals surface area contributed by atoms with Crippen LogP contribution in [0, 0.1) is 0 Å². The van der Waals surface area contributed by atoms with Crippen LogP contribution in [0.2, 0.25) is 0 Å². The number of nitrogens with zero attached hydrogens (tertiary/aromatic N) is 1. The third kappa shape index (κ3) is 3.10. The highest BCUT2D eigenvalue weighted by Crippen LogP contribution is 2.33. The average molecular weight is 372 g/mol. The number of ether oxygens (including phenoxy) is 1. The van der Waals surface area contributed by atoms with Gasteiger partial charge in [-0.15, -0.1) is 0 Å². The summed E-state index contributed by atoms with van der Waals surface area (Å²) in [6.45, 7) is 1.90. The Morgan fingerprint density at radius 1 is 1.28 bits per heavy atom. The third-order valence-electron chi connectivity index (χ3n) is 2.39. The molecule has 0 amide bonds. The van der Waals surface area contributed by atoms with Gasteiger partial charge in [-0.3, -0.25) is 0 Å². The second-order valence-electron chi connectivity index (χ2n) is 3.86. The van der Waals surface area contributed by atoms with E-state index in [2.05, 4.69) is 36.8 Å². The number of halogens is 2. The largest absolute Gasteiger partial charge is 0.437 e. The van der Waals surface area contributed by atoms with Crippen molar-refractivity contribution >= 4 is 31.9 Å². The molecule has 1 atom stereocenters. The van der Waals surface area contributed by atoms with E-state index in [-0.39, 0.29) is 6.04 Å². The maximum Gasteiger partial charge on any atom is 0.224 e. The molecule has 1 heterocycles. The van der Waals surface area contributed by atoms with E-state index in [1.165, 1.54) is 0 Å². The molecule has 0 spiro atoms. The lowest BCUT2D eigenvalue weighted by atomic mass is 10.1. The molecule has 18 heavy (non-hydrogen) atoms. The standard InChI is InChI=1S/C13H12Br2N2O/c1-8(16)10-3-2-6-17-13(10)18-12-5-4-9(14)7-11(12)15/h2-8H,16H2,1H3/t8-/m0/s1. The minimum absolute atomic E-state index is 0.122. The number of benzene rings is 1. The highest BCUT2D eigenvalue weighted by atomic mass is 79.9. The number of rotatable bonds is 3. The quantitative estimate of drug-likeness (QED) is 0.868. The maximum atomic E-state index is 5.89. The molecule has 0 saturated heterocycles. The van der Waals surface area contributed by atoms with E-state index in [1.807, 2.05) is 37.3 Å². The van der Waals surface area contributed by atoms with Crippen molar-refractivity contribution in [1.29, 1.82) is 0 Å². The highest BCUT2D eigenvalue weighted by Gasteiger charge is 2.11. The molecule has 2 rings (SSSR count). The molecule has 0 unspecified atom stereocenters. The molecular weight excluding hydrogens is 360 g/mol. The van der Waals surface area contributed by atoms with Gasteiger partial charge in [0.1, 0.15) is 5.75 Å². The highest BCUT2D eigenvalue weighted by molar-refractivity contribution is 9.11. The van der Waals surface area contributed by atoms with Gasteiger partial charge in [0.25, 0.3) is 0 Å². The zero-order chi connectivity index (χ0) is 13.1. The lowest BCUT2D eigenvalue weighted by Gasteiger charge is -2.13. The summed E-state index contributed by atoms with van der Waals surface area (Å²) in [7, 11) is 0. The van der Waals surface area contributed by atoms with Crippen molar-refractivity contribution in [3.05, 3.63) is 51.0 Å². The molecule has 2 aromatic rings. The molecule has 0 radical (unpaired) electrons. The number of hydrogen-bond acceptors (Lipinski definition) is 3. The molecule has 0 aliphatic carbocycles. The minimum Gasteiger partial charge on any atom is -0.437 e. The van der Waals surface area contributed by atoms with Crippen molar-refractivity contribution in [2.24, 2.45) is 5.73 Å². The summed E-state index contributed by atoms with van der Waals surface area (Å²) in [5.74, 6) is 1.24. The summed E-state index contributed by atoms with van der Waals surface area (Å²) in [5.41, 5.74) is 6.77. The fourth-order valence-electron chi connectivity index (χ4n) is 1.50. The van der Waals surface area contributed by atoms with Gasteiger partial charge in [0.15, 0.2) is 0 Å². The fraction of sp³-hybridized carbons (Fsp3) is 0.154. The van der Waals surface area contributed by atoms with Crippen LogP contribution in [0.4, 0.5) is 0 Å². The van der Waals surface area contributed by atoms with E-state index in [9.17, 15) is 0 Å². The molecule has 94 valence electrons. The maximum absolute atomic E-state index is 5.89. The van der Waals surface area contributed by atoms with Crippen molar-refractivity contribution in [3.8, 4) is 11.6 Å². The number of pyridine rings is 1. The van der Waals surface area contributed by atoms with Crippen LogP contribution in [0.25, 0.3) is 0 Å². The van der Waals surface area contributed by atoms with E-state index in [1.54, 1.807) is 6.20 Å². The topological polar surface area (TPSA) is 48.1 Å². The SMILES string of the molecule is C[C@H](N)c1cccnc1Oc1ccc(Br)cc1Br. The van der Waals surface area contributed by atoms with Crippen molar-refractivity contribution in [3.63, 3.8) is 0 Å². The molecule has 0 fully saturated rings. The molecule has 0 bridgehead atoms. The Hall–Kier alpha value is -0.910. The van der Waals surface area contributed by atoms with Gasteiger partial charge in [-0.1, -0.05) is 22.0 Å². The summed E-state index contributed by atoms with van der Waals surface area (Å²) in [6.07, 6.45) is 1.69. The second-order valence-corrected chi connectivity index (χ2v) is 5.63.